The van der Waals surface area contributed by atoms with Gasteiger partial charge in [0, 0.05) is 18.0 Å². The highest BCUT2D eigenvalue weighted by molar-refractivity contribution is 6.31. The molecule has 0 fully saturated rings. The van der Waals surface area contributed by atoms with Gasteiger partial charge in [-0.3, -0.25) is 0 Å². The third-order valence-electron chi connectivity index (χ3n) is 2.46. The van der Waals surface area contributed by atoms with Crippen LogP contribution in [-0.2, 0) is 6.42 Å². The van der Waals surface area contributed by atoms with Gasteiger partial charge in [0.05, 0.1) is 11.0 Å². The molecule has 0 unspecified atom stereocenters. The molecule has 0 aliphatic rings. The van der Waals surface area contributed by atoms with Crippen molar-refractivity contribution < 1.29 is 0 Å². The molecule has 1 aromatic heterocycles. The van der Waals surface area contributed by atoms with Gasteiger partial charge >= 0.3 is 0 Å². The van der Waals surface area contributed by atoms with Crippen molar-refractivity contribution in [2.24, 2.45) is 0 Å². The van der Waals surface area contributed by atoms with Crippen molar-refractivity contribution in [2.75, 3.05) is 13.1 Å². The van der Waals surface area contributed by atoms with Gasteiger partial charge < -0.3 is 10.3 Å². The first kappa shape index (κ1) is 11.4. The van der Waals surface area contributed by atoms with Crippen molar-refractivity contribution in [3.8, 4) is 0 Å². The number of imidazole rings is 1. The summed E-state index contributed by atoms with van der Waals surface area (Å²) in [5.74, 6) is 1.01. The number of nitrogens with one attached hydrogen (secondary N) is 2. The number of fused-ring (bicyclic) bond motifs is 1. The predicted molar refractivity (Wildman–Crippen MR) is 68.0 cm³/mol. The summed E-state index contributed by atoms with van der Waals surface area (Å²) in [4.78, 5) is 7.78. The molecule has 2 rings (SSSR count). The fraction of sp³-hybridized carbons (Fsp3) is 0.417. The van der Waals surface area contributed by atoms with Crippen molar-refractivity contribution in [1.82, 2.24) is 15.3 Å². The van der Waals surface area contributed by atoms with E-state index in [0.29, 0.717) is 0 Å². The first-order valence-electron chi connectivity index (χ1n) is 5.64. The van der Waals surface area contributed by atoms with Gasteiger partial charge in [0.2, 0.25) is 0 Å². The quantitative estimate of drug-likeness (QED) is 0.786. The Bertz CT molecular complexity index is 464. The van der Waals surface area contributed by atoms with Gasteiger partial charge in [-0.1, -0.05) is 18.5 Å². The Balaban J connectivity index is 2.02. The zero-order chi connectivity index (χ0) is 11.4. The molecule has 0 radical (unpaired) electrons. The molecule has 2 aromatic rings. The van der Waals surface area contributed by atoms with E-state index in [4.69, 9.17) is 11.6 Å². The lowest BCUT2D eigenvalue weighted by Gasteiger charge is -1.99. The van der Waals surface area contributed by atoms with Crippen LogP contribution in [0.2, 0.25) is 5.02 Å². The highest BCUT2D eigenvalue weighted by Gasteiger charge is 2.02. The lowest BCUT2D eigenvalue weighted by molar-refractivity contribution is 0.661. The second-order valence-corrected chi connectivity index (χ2v) is 4.28. The Hall–Kier alpha value is -1.06. The average Bonchev–Trinajstić information content (AvgIpc) is 2.66. The number of hydrogen-bond acceptors (Lipinski definition) is 2. The molecule has 86 valence electrons. The van der Waals surface area contributed by atoms with E-state index >= 15 is 0 Å². The summed E-state index contributed by atoms with van der Waals surface area (Å²) in [5.41, 5.74) is 1.99. The molecule has 4 heteroatoms. The first-order valence-corrected chi connectivity index (χ1v) is 6.02. The Morgan fingerprint density at radius 2 is 2.25 bits per heavy atom. The minimum Gasteiger partial charge on any atom is -0.342 e. The van der Waals surface area contributed by atoms with E-state index in [0.717, 1.165) is 47.8 Å². The molecule has 0 spiro atoms. The maximum atomic E-state index is 5.91. The topological polar surface area (TPSA) is 40.7 Å². The minimum absolute atomic E-state index is 0.742. The Morgan fingerprint density at radius 1 is 1.38 bits per heavy atom. The number of H-pyrrole nitrogens is 1. The Kier molecular flexibility index (Phi) is 3.80. The second kappa shape index (κ2) is 5.32. The fourth-order valence-electron chi connectivity index (χ4n) is 1.66. The lowest BCUT2D eigenvalue weighted by Crippen LogP contribution is -2.18. The molecule has 0 aliphatic carbocycles. The van der Waals surface area contributed by atoms with E-state index in [1.807, 2.05) is 18.2 Å². The Labute approximate surface area is 100 Å². The molecule has 2 N–H and O–H groups in total. The number of aromatic nitrogens is 2. The first-order chi connectivity index (χ1) is 7.79. The summed E-state index contributed by atoms with van der Waals surface area (Å²) in [6.07, 6.45) is 2.09. The van der Waals surface area contributed by atoms with E-state index < -0.39 is 0 Å². The minimum atomic E-state index is 0.742. The zero-order valence-corrected chi connectivity index (χ0v) is 10.1. The lowest BCUT2D eigenvalue weighted by atomic mass is 10.3. The maximum Gasteiger partial charge on any atom is 0.108 e. The van der Waals surface area contributed by atoms with Crippen LogP contribution in [0.1, 0.15) is 19.2 Å². The van der Waals surface area contributed by atoms with Crippen LogP contribution in [0.4, 0.5) is 0 Å². The van der Waals surface area contributed by atoms with Gasteiger partial charge in [0.25, 0.3) is 0 Å². The van der Waals surface area contributed by atoms with Crippen LogP contribution in [0.5, 0.6) is 0 Å². The molecule has 0 bridgehead atoms. The van der Waals surface area contributed by atoms with E-state index in [1.54, 1.807) is 0 Å². The SMILES string of the molecule is CCCNCCc1nc2ccc(Cl)cc2[nH]1. The molecule has 1 heterocycles. The number of halogens is 1. The molecule has 0 amide bonds. The molecule has 1 aromatic carbocycles. The zero-order valence-electron chi connectivity index (χ0n) is 9.39. The summed E-state index contributed by atoms with van der Waals surface area (Å²) in [6, 6.07) is 5.72. The monoisotopic (exact) mass is 237 g/mol. The van der Waals surface area contributed by atoms with Gasteiger partial charge in [-0.15, -0.1) is 0 Å². The summed E-state index contributed by atoms with van der Waals surface area (Å²) in [7, 11) is 0. The number of nitrogens with zero attached hydrogens (tertiary/aromatic N) is 1. The second-order valence-electron chi connectivity index (χ2n) is 3.84. The van der Waals surface area contributed by atoms with Crippen molar-refractivity contribution in [2.45, 2.75) is 19.8 Å². The fourth-order valence-corrected chi connectivity index (χ4v) is 1.83. The van der Waals surface area contributed by atoms with Gasteiger partial charge in [-0.05, 0) is 31.2 Å². The maximum absolute atomic E-state index is 5.91. The smallest absolute Gasteiger partial charge is 0.108 e. The molecule has 0 saturated heterocycles. The van der Waals surface area contributed by atoms with Gasteiger partial charge in [0.15, 0.2) is 0 Å². The van der Waals surface area contributed by atoms with Crippen LogP contribution >= 0.6 is 11.6 Å². The summed E-state index contributed by atoms with van der Waals surface area (Å²) >= 11 is 5.91. The van der Waals surface area contributed by atoms with Crippen molar-refractivity contribution in [3.05, 3.63) is 29.0 Å². The van der Waals surface area contributed by atoms with Crippen LogP contribution in [0.25, 0.3) is 11.0 Å². The van der Waals surface area contributed by atoms with E-state index in [9.17, 15) is 0 Å². The number of rotatable bonds is 5. The summed E-state index contributed by atoms with van der Waals surface area (Å²) in [6.45, 7) is 4.18. The third kappa shape index (κ3) is 2.74. The van der Waals surface area contributed by atoms with Crippen molar-refractivity contribution in [1.29, 1.82) is 0 Å². The number of hydrogen-bond donors (Lipinski definition) is 2. The number of aromatic amines is 1. The third-order valence-corrected chi connectivity index (χ3v) is 2.69. The highest BCUT2D eigenvalue weighted by Crippen LogP contribution is 2.17. The van der Waals surface area contributed by atoms with Crippen LogP contribution < -0.4 is 5.32 Å². The average molecular weight is 238 g/mol. The van der Waals surface area contributed by atoms with Gasteiger partial charge in [0.1, 0.15) is 5.82 Å². The summed E-state index contributed by atoms with van der Waals surface area (Å²) in [5, 5.41) is 4.10. The van der Waals surface area contributed by atoms with Crippen LogP contribution in [-0.4, -0.2) is 23.1 Å². The van der Waals surface area contributed by atoms with Crippen LogP contribution in [0, 0.1) is 0 Å². The van der Waals surface area contributed by atoms with Crippen molar-refractivity contribution >= 4 is 22.6 Å². The largest absolute Gasteiger partial charge is 0.342 e. The van der Waals surface area contributed by atoms with E-state index in [-0.39, 0.29) is 0 Å². The Morgan fingerprint density at radius 3 is 3.06 bits per heavy atom. The predicted octanol–water partition coefficient (Wildman–Crippen LogP) is 2.76. The molecule has 0 atom stereocenters. The van der Waals surface area contributed by atoms with Gasteiger partial charge in [-0.25, -0.2) is 4.98 Å². The molecule has 16 heavy (non-hydrogen) atoms. The summed E-state index contributed by atoms with van der Waals surface area (Å²) < 4.78 is 0. The molecule has 0 saturated carbocycles. The normalized spacial score (nSPS) is 11.1. The van der Waals surface area contributed by atoms with Gasteiger partial charge in [-0.2, -0.15) is 0 Å². The molecule has 3 nitrogen and oxygen atoms in total. The number of benzene rings is 1. The van der Waals surface area contributed by atoms with E-state index in [2.05, 4.69) is 22.2 Å². The molecular weight excluding hydrogens is 222 g/mol. The van der Waals surface area contributed by atoms with Crippen molar-refractivity contribution in [3.63, 3.8) is 0 Å². The molecular formula is C12H16ClN3. The van der Waals surface area contributed by atoms with Crippen LogP contribution in [0.3, 0.4) is 0 Å². The molecule has 0 aliphatic heterocycles. The standard InChI is InChI=1S/C12H16ClN3/c1-2-6-14-7-5-12-15-10-4-3-9(13)8-11(10)16-12/h3-4,8,14H,2,5-7H2,1H3,(H,15,16). The van der Waals surface area contributed by atoms with E-state index in [1.165, 1.54) is 0 Å². The van der Waals surface area contributed by atoms with Crippen LogP contribution in [0.15, 0.2) is 18.2 Å². The highest BCUT2D eigenvalue weighted by atomic mass is 35.5.